The molecule has 3 rings (SSSR count). The van der Waals surface area contributed by atoms with E-state index >= 15 is 0 Å². The van der Waals surface area contributed by atoms with E-state index in [1.165, 1.54) is 0 Å². The average molecular weight is 538 g/mol. The van der Waals surface area contributed by atoms with Gasteiger partial charge in [-0.3, -0.25) is 19.2 Å². The van der Waals surface area contributed by atoms with Gasteiger partial charge in [0.2, 0.25) is 17.7 Å². The first-order valence-electron chi connectivity index (χ1n) is 12.3. The van der Waals surface area contributed by atoms with Crippen LogP contribution in [0.4, 0.5) is 0 Å². The number of benzene rings is 2. The lowest BCUT2D eigenvalue weighted by Gasteiger charge is -2.24. The number of aliphatic carboxylic acids is 2. The molecule has 3 aromatic rings. The number of aromatic amines is 1. The Morgan fingerprint density at radius 1 is 0.795 bits per heavy atom. The summed E-state index contributed by atoms with van der Waals surface area (Å²) in [7, 11) is 0. The van der Waals surface area contributed by atoms with Crippen molar-refractivity contribution in [3.63, 3.8) is 0 Å². The van der Waals surface area contributed by atoms with Gasteiger partial charge in [-0.05, 0) is 23.6 Å². The van der Waals surface area contributed by atoms with Crippen LogP contribution in [-0.2, 0) is 36.8 Å². The fraction of sp³-hybridized carbons (Fsp3) is 0.296. The van der Waals surface area contributed by atoms with Crippen LogP contribution < -0.4 is 21.7 Å². The van der Waals surface area contributed by atoms with Crippen LogP contribution >= 0.6 is 0 Å². The zero-order valence-corrected chi connectivity index (χ0v) is 21.1. The molecule has 3 unspecified atom stereocenters. The van der Waals surface area contributed by atoms with Crippen molar-refractivity contribution in [3.05, 3.63) is 71.9 Å². The second-order valence-electron chi connectivity index (χ2n) is 8.97. The van der Waals surface area contributed by atoms with E-state index in [9.17, 15) is 29.1 Å². The number of aromatic nitrogens is 1. The highest BCUT2D eigenvalue weighted by molar-refractivity contribution is 5.94. The summed E-state index contributed by atoms with van der Waals surface area (Å²) in [4.78, 5) is 64.6. The minimum absolute atomic E-state index is 0.0477. The highest BCUT2D eigenvalue weighted by atomic mass is 16.4. The van der Waals surface area contributed by atoms with Crippen LogP contribution in [0.25, 0.3) is 10.9 Å². The number of nitrogens with one attached hydrogen (secondary N) is 4. The van der Waals surface area contributed by atoms with Crippen molar-refractivity contribution in [2.75, 3.05) is 6.54 Å². The summed E-state index contributed by atoms with van der Waals surface area (Å²) in [5.74, 6) is -4.69. The lowest BCUT2D eigenvalue weighted by atomic mass is 10.0. The maximum absolute atomic E-state index is 13.2. The molecule has 3 amide bonds. The van der Waals surface area contributed by atoms with E-state index in [1.807, 2.05) is 18.2 Å². The maximum atomic E-state index is 13.2. The number of carboxylic acids is 2. The number of hydrogen-bond acceptors (Lipinski definition) is 6. The molecule has 2 aromatic carbocycles. The Bertz CT molecular complexity index is 1320. The molecule has 0 bridgehead atoms. The van der Waals surface area contributed by atoms with Crippen molar-refractivity contribution in [3.8, 4) is 0 Å². The molecule has 1 heterocycles. The summed E-state index contributed by atoms with van der Waals surface area (Å²) < 4.78 is 0. The Morgan fingerprint density at radius 2 is 1.44 bits per heavy atom. The molecular formula is C27H31N5O7. The van der Waals surface area contributed by atoms with Crippen LogP contribution in [0.3, 0.4) is 0 Å². The first kappa shape index (κ1) is 28.9. The quantitative estimate of drug-likeness (QED) is 0.152. The summed E-state index contributed by atoms with van der Waals surface area (Å²) in [5, 5.41) is 27.2. The third-order valence-corrected chi connectivity index (χ3v) is 6.11. The fourth-order valence-corrected chi connectivity index (χ4v) is 4.11. The van der Waals surface area contributed by atoms with E-state index in [2.05, 4.69) is 20.9 Å². The molecule has 0 radical (unpaired) electrons. The summed E-state index contributed by atoms with van der Waals surface area (Å²) >= 11 is 0. The molecule has 12 heteroatoms. The summed E-state index contributed by atoms with van der Waals surface area (Å²) in [6.45, 7) is -0.365. The van der Waals surface area contributed by atoms with E-state index in [0.29, 0.717) is 5.56 Å². The summed E-state index contributed by atoms with van der Waals surface area (Å²) in [5.41, 5.74) is 7.58. The van der Waals surface area contributed by atoms with Crippen LogP contribution in [0.1, 0.15) is 24.0 Å². The SMILES string of the molecule is NCC(=O)NC(Cc1ccccc1)C(=O)NC(CCC(=O)O)C(=O)NC(Cc1c[nH]c2ccccc12)C(=O)O. The number of carboxylic acid groups (broad SMARTS) is 2. The van der Waals surface area contributed by atoms with Gasteiger partial charge in [0.15, 0.2) is 0 Å². The zero-order valence-electron chi connectivity index (χ0n) is 21.1. The highest BCUT2D eigenvalue weighted by Gasteiger charge is 2.30. The molecule has 0 saturated heterocycles. The van der Waals surface area contributed by atoms with E-state index in [1.54, 1.807) is 42.6 Å². The lowest BCUT2D eigenvalue weighted by Crippen LogP contribution is -2.57. The topological polar surface area (TPSA) is 204 Å². The minimum Gasteiger partial charge on any atom is -0.481 e. The number of nitrogens with two attached hydrogens (primary N) is 1. The van der Waals surface area contributed by atoms with Crippen molar-refractivity contribution in [1.82, 2.24) is 20.9 Å². The lowest BCUT2D eigenvalue weighted by molar-refractivity contribution is -0.143. The van der Waals surface area contributed by atoms with Gasteiger partial charge in [-0.25, -0.2) is 4.79 Å². The van der Waals surface area contributed by atoms with Gasteiger partial charge >= 0.3 is 11.9 Å². The minimum atomic E-state index is -1.37. The van der Waals surface area contributed by atoms with Crippen molar-refractivity contribution in [2.45, 2.75) is 43.8 Å². The van der Waals surface area contributed by atoms with Gasteiger partial charge in [0.25, 0.3) is 0 Å². The predicted octanol–water partition coefficient (Wildman–Crippen LogP) is 0.316. The number of fused-ring (bicyclic) bond motifs is 1. The number of carbonyl (C=O) groups is 5. The highest BCUT2D eigenvalue weighted by Crippen LogP contribution is 2.19. The Hall–Kier alpha value is -4.71. The van der Waals surface area contributed by atoms with E-state index < -0.39 is 54.2 Å². The smallest absolute Gasteiger partial charge is 0.326 e. The number of hydrogen-bond donors (Lipinski definition) is 7. The molecule has 8 N–H and O–H groups in total. The zero-order chi connectivity index (χ0) is 28.4. The largest absolute Gasteiger partial charge is 0.481 e. The number of rotatable bonds is 14. The van der Waals surface area contributed by atoms with Gasteiger partial charge in [0.1, 0.15) is 18.1 Å². The molecule has 0 aliphatic carbocycles. The molecule has 0 aliphatic rings. The normalized spacial score (nSPS) is 13.2. The predicted molar refractivity (Wildman–Crippen MR) is 142 cm³/mol. The van der Waals surface area contributed by atoms with E-state index in [4.69, 9.17) is 10.8 Å². The Kier molecular flexibility index (Phi) is 10.2. The van der Waals surface area contributed by atoms with Crippen LogP contribution in [-0.4, -0.2) is 69.5 Å². The van der Waals surface area contributed by atoms with Gasteiger partial charge in [0, 0.05) is 36.4 Å². The second kappa shape index (κ2) is 13.7. The van der Waals surface area contributed by atoms with Crippen molar-refractivity contribution in [1.29, 1.82) is 0 Å². The van der Waals surface area contributed by atoms with Crippen LogP contribution in [0, 0.1) is 0 Å². The Balaban J connectivity index is 1.77. The Morgan fingerprint density at radius 3 is 2.10 bits per heavy atom. The van der Waals surface area contributed by atoms with Gasteiger partial charge < -0.3 is 36.9 Å². The molecule has 0 aliphatic heterocycles. The average Bonchev–Trinajstić information content (AvgIpc) is 3.33. The standard InChI is InChI=1S/C27H31N5O7/c28-14-23(33)30-21(12-16-6-2-1-3-7-16)26(37)31-20(10-11-24(34)35)25(36)32-22(27(38)39)13-17-15-29-19-9-5-4-8-18(17)19/h1-9,15,20-22,29H,10-14,28H2,(H,30,33)(H,31,37)(H,32,36)(H,34,35)(H,38,39). The third kappa shape index (κ3) is 8.40. The van der Waals surface area contributed by atoms with Crippen molar-refractivity contribution < 1.29 is 34.2 Å². The monoisotopic (exact) mass is 537 g/mol. The van der Waals surface area contributed by atoms with E-state index in [0.717, 1.165) is 16.5 Å². The molecule has 39 heavy (non-hydrogen) atoms. The van der Waals surface area contributed by atoms with Crippen molar-refractivity contribution in [2.24, 2.45) is 5.73 Å². The number of carbonyl (C=O) groups excluding carboxylic acids is 3. The first-order chi connectivity index (χ1) is 18.7. The van der Waals surface area contributed by atoms with Gasteiger partial charge in [0.05, 0.1) is 6.54 Å². The molecule has 1 aromatic heterocycles. The molecule has 3 atom stereocenters. The molecular weight excluding hydrogens is 506 g/mol. The number of para-hydroxylation sites is 1. The summed E-state index contributed by atoms with van der Waals surface area (Å²) in [6, 6.07) is 12.3. The van der Waals surface area contributed by atoms with Crippen molar-refractivity contribution >= 4 is 40.6 Å². The fourth-order valence-electron chi connectivity index (χ4n) is 4.11. The van der Waals surface area contributed by atoms with Gasteiger partial charge in [-0.1, -0.05) is 48.5 Å². The van der Waals surface area contributed by atoms with Crippen LogP contribution in [0.5, 0.6) is 0 Å². The second-order valence-corrected chi connectivity index (χ2v) is 8.97. The first-order valence-corrected chi connectivity index (χ1v) is 12.3. The van der Waals surface area contributed by atoms with E-state index in [-0.39, 0.29) is 25.8 Å². The van der Waals surface area contributed by atoms with Gasteiger partial charge in [-0.2, -0.15) is 0 Å². The van der Waals surface area contributed by atoms with Crippen LogP contribution in [0.2, 0.25) is 0 Å². The van der Waals surface area contributed by atoms with Crippen LogP contribution in [0.15, 0.2) is 60.8 Å². The molecule has 206 valence electrons. The maximum Gasteiger partial charge on any atom is 0.326 e. The molecule has 12 nitrogen and oxygen atoms in total. The third-order valence-electron chi connectivity index (χ3n) is 6.11. The number of amides is 3. The number of H-pyrrole nitrogens is 1. The molecule has 0 saturated carbocycles. The molecule has 0 spiro atoms. The van der Waals surface area contributed by atoms with Gasteiger partial charge in [-0.15, -0.1) is 0 Å². The summed E-state index contributed by atoms with van der Waals surface area (Å²) in [6.07, 6.45) is 0.939. The Labute approximate surface area is 224 Å². The molecule has 0 fully saturated rings.